The Kier molecular flexibility index (Phi) is 6.03. The summed E-state index contributed by atoms with van der Waals surface area (Å²) in [5.74, 6) is -0.422. The highest BCUT2D eigenvalue weighted by molar-refractivity contribution is 4.97. The first-order valence-corrected chi connectivity index (χ1v) is 6.27. The van der Waals surface area contributed by atoms with Gasteiger partial charge in [0.15, 0.2) is 5.79 Å². The molecule has 3 heteroatoms. The number of rotatable bonds is 7. The maximum absolute atomic E-state index is 5.52. The van der Waals surface area contributed by atoms with Crippen LogP contribution < -0.4 is 5.32 Å². The highest BCUT2D eigenvalue weighted by Crippen LogP contribution is 2.28. The van der Waals surface area contributed by atoms with Gasteiger partial charge in [0.2, 0.25) is 0 Å². The molecule has 0 aromatic rings. The summed E-state index contributed by atoms with van der Waals surface area (Å²) in [6, 6.07) is 0.278. The molecule has 0 aromatic heterocycles. The lowest BCUT2D eigenvalue weighted by Crippen LogP contribution is -2.45. The molecule has 1 fully saturated rings. The van der Waals surface area contributed by atoms with Gasteiger partial charge in [-0.15, -0.1) is 0 Å². The quantitative estimate of drug-likeness (QED) is 0.412. The van der Waals surface area contributed by atoms with Gasteiger partial charge in [-0.25, -0.2) is 0 Å². The first-order valence-electron chi connectivity index (χ1n) is 6.27. The van der Waals surface area contributed by atoms with Crippen molar-refractivity contribution in [2.45, 2.75) is 50.9 Å². The second-order valence-electron chi connectivity index (χ2n) is 4.33. The Labute approximate surface area is 99.2 Å². The minimum absolute atomic E-state index is 0.278. The average Bonchev–Trinajstić information content (AvgIpc) is 2.72. The summed E-state index contributed by atoms with van der Waals surface area (Å²) < 4.78 is 11.0. The molecule has 0 unspecified atom stereocenters. The standard InChI is InChI=1S/C13H25NO2/c1-4-5-6-7-8-9-12-13(15-2,16-3)10-11-14-12/h7-8,12,14H,4-6,9-11H2,1-3H3/b8-7-/t12-/m0/s1. The van der Waals surface area contributed by atoms with Gasteiger partial charge in [-0.2, -0.15) is 0 Å². The second kappa shape index (κ2) is 7.05. The lowest BCUT2D eigenvalue weighted by molar-refractivity contribution is -0.210. The van der Waals surface area contributed by atoms with Crippen LogP contribution in [0, 0.1) is 0 Å². The molecule has 1 N–H and O–H groups in total. The van der Waals surface area contributed by atoms with E-state index in [0.717, 1.165) is 19.4 Å². The van der Waals surface area contributed by atoms with Gasteiger partial charge in [0, 0.05) is 27.2 Å². The van der Waals surface area contributed by atoms with Crippen LogP contribution in [-0.2, 0) is 9.47 Å². The van der Waals surface area contributed by atoms with Gasteiger partial charge in [0.25, 0.3) is 0 Å². The molecule has 1 heterocycles. The summed E-state index contributed by atoms with van der Waals surface area (Å²) in [6.45, 7) is 3.18. The zero-order valence-corrected chi connectivity index (χ0v) is 10.8. The number of ether oxygens (including phenoxy) is 2. The van der Waals surface area contributed by atoms with E-state index >= 15 is 0 Å². The summed E-state index contributed by atoms with van der Waals surface area (Å²) in [6.07, 6.45) is 10.1. The fourth-order valence-corrected chi connectivity index (χ4v) is 2.26. The molecule has 0 saturated carbocycles. The van der Waals surface area contributed by atoms with E-state index in [1.54, 1.807) is 14.2 Å². The number of methoxy groups -OCH3 is 2. The highest BCUT2D eigenvalue weighted by Gasteiger charge is 2.42. The summed E-state index contributed by atoms with van der Waals surface area (Å²) in [5, 5.41) is 3.44. The molecule has 0 spiro atoms. The number of allylic oxidation sites excluding steroid dienone is 1. The van der Waals surface area contributed by atoms with Crippen molar-refractivity contribution in [1.82, 2.24) is 5.32 Å². The molecule has 1 rings (SSSR count). The Morgan fingerprint density at radius 3 is 2.69 bits per heavy atom. The van der Waals surface area contributed by atoms with E-state index in [2.05, 4.69) is 24.4 Å². The van der Waals surface area contributed by atoms with Crippen LogP contribution in [0.2, 0.25) is 0 Å². The topological polar surface area (TPSA) is 30.5 Å². The van der Waals surface area contributed by atoms with Crippen LogP contribution in [0.4, 0.5) is 0 Å². The van der Waals surface area contributed by atoms with Gasteiger partial charge in [0.1, 0.15) is 0 Å². The van der Waals surface area contributed by atoms with Crippen LogP contribution in [0.3, 0.4) is 0 Å². The van der Waals surface area contributed by atoms with Crippen LogP contribution in [-0.4, -0.2) is 32.6 Å². The van der Waals surface area contributed by atoms with E-state index in [9.17, 15) is 0 Å². The monoisotopic (exact) mass is 227 g/mol. The van der Waals surface area contributed by atoms with E-state index < -0.39 is 5.79 Å². The van der Waals surface area contributed by atoms with Crippen LogP contribution in [0.1, 0.15) is 39.0 Å². The first kappa shape index (κ1) is 13.7. The molecular formula is C13H25NO2. The third-order valence-corrected chi connectivity index (χ3v) is 3.35. The van der Waals surface area contributed by atoms with Crippen molar-refractivity contribution in [3.05, 3.63) is 12.2 Å². The lowest BCUT2D eigenvalue weighted by atomic mass is 10.0. The van der Waals surface area contributed by atoms with Gasteiger partial charge >= 0.3 is 0 Å². The molecule has 0 aliphatic carbocycles. The average molecular weight is 227 g/mol. The maximum atomic E-state index is 5.52. The van der Waals surface area contributed by atoms with Crippen molar-refractivity contribution >= 4 is 0 Å². The molecule has 0 radical (unpaired) electrons. The molecule has 94 valence electrons. The molecule has 16 heavy (non-hydrogen) atoms. The SMILES string of the molecule is CCCC/C=C\C[C@@H]1NCCC1(OC)OC. The van der Waals surface area contributed by atoms with E-state index in [-0.39, 0.29) is 6.04 Å². The van der Waals surface area contributed by atoms with Crippen LogP contribution in [0.5, 0.6) is 0 Å². The van der Waals surface area contributed by atoms with Crippen molar-refractivity contribution in [2.24, 2.45) is 0 Å². The number of hydrogen-bond acceptors (Lipinski definition) is 3. The van der Waals surface area contributed by atoms with Gasteiger partial charge < -0.3 is 14.8 Å². The molecule has 0 aromatic carbocycles. The molecule has 1 aliphatic heterocycles. The molecule has 1 saturated heterocycles. The van der Waals surface area contributed by atoms with E-state index in [0.29, 0.717) is 0 Å². The van der Waals surface area contributed by atoms with Gasteiger partial charge in [-0.3, -0.25) is 0 Å². The third-order valence-electron chi connectivity index (χ3n) is 3.35. The smallest absolute Gasteiger partial charge is 0.184 e. The normalized spacial score (nSPS) is 24.3. The summed E-state index contributed by atoms with van der Waals surface area (Å²) in [4.78, 5) is 0. The molecule has 1 atom stereocenters. The van der Waals surface area contributed by atoms with Crippen molar-refractivity contribution < 1.29 is 9.47 Å². The first-order chi connectivity index (χ1) is 7.79. The summed E-state index contributed by atoms with van der Waals surface area (Å²) in [5.41, 5.74) is 0. The Morgan fingerprint density at radius 2 is 2.06 bits per heavy atom. The predicted octanol–water partition coefficient (Wildman–Crippen LogP) is 2.47. The largest absolute Gasteiger partial charge is 0.352 e. The number of nitrogens with one attached hydrogen (secondary N) is 1. The van der Waals surface area contributed by atoms with Crippen molar-refractivity contribution in [3.63, 3.8) is 0 Å². The van der Waals surface area contributed by atoms with E-state index in [4.69, 9.17) is 9.47 Å². The Hall–Kier alpha value is -0.380. The molecular weight excluding hydrogens is 202 g/mol. The Balaban J connectivity index is 2.37. The Morgan fingerprint density at radius 1 is 1.31 bits per heavy atom. The summed E-state index contributed by atoms with van der Waals surface area (Å²) >= 11 is 0. The van der Waals surface area contributed by atoms with Gasteiger partial charge in [-0.1, -0.05) is 31.9 Å². The van der Waals surface area contributed by atoms with Crippen molar-refractivity contribution in [2.75, 3.05) is 20.8 Å². The molecule has 0 bridgehead atoms. The van der Waals surface area contributed by atoms with Crippen molar-refractivity contribution in [3.8, 4) is 0 Å². The second-order valence-corrected chi connectivity index (χ2v) is 4.33. The molecule has 1 aliphatic rings. The predicted molar refractivity (Wildman–Crippen MR) is 66.4 cm³/mol. The zero-order valence-electron chi connectivity index (χ0n) is 10.8. The van der Waals surface area contributed by atoms with Crippen LogP contribution in [0.25, 0.3) is 0 Å². The molecule has 0 amide bonds. The fraction of sp³-hybridized carbons (Fsp3) is 0.846. The van der Waals surface area contributed by atoms with Gasteiger partial charge in [0.05, 0.1) is 6.04 Å². The maximum Gasteiger partial charge on any atom is 0.184 e. The van der Waals surface area contributed by atoms with E-state index in [1.807, 2.05) is 0 Å². The third kappa shape index (κ3) is 3.30. The van der Waals surface area contributed by atoms with E-state index in [1.165, 1.54) is 19.3 Å². The lowest BCUT2D eigenvalue weighted by Gasteiger charge is -2.31. The number of unbranched alkanes of at least 4 members (excludes halogenated alkanes) is 2. The fourth-order valence-electron chi connectivity index (χ4n) is 2.26. The van der Waals surface area contributed by atoms with Crippen LogP contribution in [0.15, 0.2) is 12.2 Å². The van der Waals surface area contributed by atoms with Gasteiger partial charge in [-0.05, 0) is 12.8 Å². The minimum atomic E-state index is -0.422. The number of hydrogen-bond donors (Lipinski definition) is 1. The Bertz CT molecular complexity index is 212. The van der Waals surface area contributed by atoms with Crippen LogP contribution >= 0.6 is 0 Å². The summed E-state index contributed by atoms with van der Waals surface area (Å²) in [7, 11) is 3.45. The molecule has 3 nitrogen and oxygen atoms in total. The minimum Gasteiger partial charge on any atom is -0.352 e. The zero-order chi connectivity index (χ0) is 11.9. The van der Waals surface area contributed by atoms with Crippen molar-refractivity contribution in [1.29, 1.82) is 0 Å². The highest BCUT2D eigenvalue weighted by atomic mass is 16.7.